The second-order valence-corrected chi connectivity index (χ2v) is 5.70. The van der Waals surface area contributed by atoms with Gasteiger partial charge in [-0.2, -0.15) is 0 Å². The Bertz CT molecular complexity index is 672. The van der Waals surface area contributed by atoms with Gasteiger partial charge >= 0.3 is 0 Å². The van der Waals surface area contributed by atoms with Gasteiger partial charge in [-0.1, -0.05) is 36.4 Å². The number of allylic oxidation sites excluding steroid dienone is 1. The van der Waals surface area contributed by atoms with Crippen LogP contribution in [0.1, 0.15) is 23.5 Å². The summed E-state index contributed by atoms with van der Waals surface area (Å²) >= 11 is 0. The first-order valence-corrected chi connectivity index (χ1v) is 7.43. The zero-order valence-electron chi connectivity index (χ0n) is 12.0. The summed E-state index contributed by atoms with van der Waals surface area (Å²) in [5, 5.41) is 0. The van der Waals surface area contributed by atoms with E-state index in [1.165, 1.54) is 11.1 Å². The molecule has 0 radical (unpaired) electrons. The van der Waals surface area contributed by atoms with Crippen molar-refractivity contribution >= 4 is 0 Å². The molecule has 0 bridgehead atoms. The fraction of sp³-hybridized carbons (Fsp3) is 0.263. The highest BCUT2D eigenvalue weighted by Crippen LogP contribution is 2.47. The molecular weight excluding hydrogens is 260 g/mol. The fourth-order valence-electron chi connectivity index (χ4n) is 3.56. The standard InChI is InChI=1S/C19H18O2/c1-20-14-11-9-13(10-12-14)19-15-5-2-3-7-17(15)21-18-8-4-6-16(18)19/h2-5,7-12,16,18-19H,6H2,1H3/t16-,18+,19+/m0/s1. The first-order chi connectivity index (χ1) is 10.4. The van der Waals surface area contributed by atoms with Crippen molar-refractivity contribution in [3.63, 3.8) is 0 Å². The van der Waals surface area contributed by atoms with Crippen molar-refractivity contribution in [2.75, 3.05) is 7.11 Å². The Labute approximate surface area is 125 Å². The van der Waals surface area contributed by atoms with Gasteiger partial charge in [-0.15, -0.1) is 0 Å². The highest BCUT2D eigenvalue weighted by Gasteiger charge is 2.39. The number of methoxy groups -OCH3 is 1. The number of para-hydroxylation sites is 1. The number of fused-ring (bicyclic) bond motifs is 2. The number of ether oxygens (including phenoxy) is 2. The smallest absolute Gasteiger partial charge is 0.124 e. The predicted molar refractivity (Wildman–Crippen MR) is 82.9 cm³/mol. The number of hydrogen-bond donors (Lipinski definition) is 0. The monoisotopic (exact) mass is 278 g/mol. The molecule has 1 heterocycles. The van der Waals surface area contributed by atoms with Crippen molar-refractivity contribution in [3.05, 3.63) is 71.8 Å². The first kappa shape index (κ1) is 12.5. The maximum absolute atomic E-state index is 6.14. The summed E-state index contributed by atoms with van der Waals surface area (Å²) in [6, 6.07) is 16.9. The summed E-state index contributed by atoms with van der Waals surface area (Å²) in [5.41, 5.74) is 2.64. The molecule has 0 saturated carbocycles. The lowest BCUT2D eigenvalue weighted by Crippen LogP contribution is -2.32. The SMILES string of the molecule is COc1ccc([C@@H]2c3ccccc3O[C@@H]3C=CC[C@H]23)cc1. The Balaban J connectivity index is 1.80. The lowest BCUT2D eigenvalue weighted by molar-refractivity contribution is 0.153. The summed E-state index contributed by atoms with van der Waals surface area (Å²) < 4.78 is 11.4. The van der Waals surface area contributed by atoms with Crippen LogP contribution in [0.3, 0.4) is 0 Å². The molecule has 3 atom stereocenters. The second kappa shape index (κ2) is 4.96. The Morgan fingerprint density at radius 2 is 1.86 bits per heavy atom. The Morgan fingerprint density at radius 1 is 1.05 bits per heavy atom. The van der Waals surface area contributed by atoms with E-state index in [4.69, 9.17) is 9.47 Å². The molecule has 2 aromatic carbocycles. The van der Waals surface area contributed by atoms with Crippen LogP contribution < -0.4 is 9.47 Å². The zero-order valence-corrected chi connectivity index (χ0v) is 12.0. The van der Waals surface area contributed by atoms with Gasteiger partial charge in [0.05, 0.1) is 7.11 Å². The van der Waals surface area contributed by atoms with Gasteiger partial charge in [0.15, 0.2) is 0 Å². The first-order valence-electron chi connectivity index (χ1n) is 7.43. The summed E-state index contributed by atoms with van der Waals surface area (Å²) in [5.74, 6) is 2.81. The van der Waals surface area contributed by atoms with E-state index in [1.807, 2.05) is 18.2 Å². The zero-order chi connectivity index (χ0) is 14.2. The molecule has 21 heavy (non-hydrogen) atoms. The van der Waals surface area contributed by atoms with Gasteiger partial charge in [-0.05, 0) is 36.3 Å². The molecule has 2 aromatic rings. The maximum Gasteiger partial charge on any atom is 0.124 e. The van der Waals surface area contributed by atoms with E-state index in [1.54, 1.807) is 7.11 Å². The average Bonchev–Trinajstić information content (AvgIpc) is 3.00. The van der Waals surface area contributed by atoms with E-state index in [2.05, 4.69) is 42.5 Å². The molecule has 0 spiro atoms. The van der Waals surface area contributed by atoms with Crippen molar-refractivity contribution < 1.29 is 9.47 Å². The van der Waals surface area contributed by atoms with Crippen LogP contribution >= 0.6 is 0 Å². The van der Waals surface area contributed by atoms with E-state index >= 15 is 0 Å². The highest BCUT2D eigenvalue weighted by atomic mass is 16.5. The minimum atomic E-state index is 0.201. The van der Waals surface area contributed by atoms with Crippen molar-refractivity contribution in [1.82, 2.24) is 0 Å². The molecule has 2 heteroatoms. The molecule has 2 nitrogen and oxygen atoms in total. The predicted octanol–water partition coefficient (Wildman–Crippen LogP) is 4.16. The van der Waals surface area contributed by atoms with Gasteiger partial charge in [-0.25, -0.2) is 0 Å². The van der Waals surface area contributed by atoms with Gasteiger partial charge < -0.3 is 9.47 Å². The molecule has 0 aromatic heterocycles. The van der Waals surface area contributed by atoms with Gasteiger partial charge in [0, 0.05) is 17.4 Å². The van der Waals surface area contributed by atoms with Crippen LogP contribution in [0.25, 0.3) is 0 Å². The van der Waals surface area contributed by atoms with Crippen molar-refractivity contribution in [2.45, 2.75) is 18.4 Å². The summed E-state index contributed by atoms with van der Waals surface area (Å²) in [6.45, 7) is 0. The largest absolute Gasteiger partial charge is 0.497 e. The molecule has 1 aliphatic carbocycles. The van der Waals surface area contributed by atoms with Crippen LogP contribution in [0.4, 0.5) is 0 Å². The molecule has 2 aliphatic rings. The van der Waals surface area contributed by atoms with E-state index in [0.717, 1.165) is 17.9 Å². The number of benzene rings is 2. The fourth-order valence-corrected chi connectivity index (χ4v) is 3.56. The quantitative estimate of drug-likeness (QED) is 0.768. The molecule has 1 aliphatic heterocycles. The van der Waals surface area contributed by atoms with Crippen molar-refractivity contribution in [2.24, 2.45) is 5.92 Å². The summed E-state index contributed by atoms with van der Waals surface area (Å²) in [7, 11) is 1.70. The van der Waals surface area contributed by atoms with Crippen LogP contribution in [-0.4, -0.2) is 13.2 Å². The van der Waals surface area contributed by atoms with E-state index in [0.29, 0.717) is 11.8 Å². The van der Waals surface area contributed by atoms with Gasteiger partial charge in [0.1, 0.15) is 17.6 Å². The summed E-state index contributed by atoms with van der Waals surface area (Å²) in [4.78, 5) is 0. The lowest BCUT2D eigenvalue weighted by Gasteiger charge is -2.36. The van der Waals surface area contributed by atoms with Crippen LogP contribution in [0.2, 0.25) is 0 Å². The molecule has 106 valence electrons. The number of rotatable bonds is 2. The molecule has 0 amide bonds. The molecule has 0 N–H and O–H groups in total. The second-order valence-electron chi connectivity index (χ2n) is 5.70. The Hall–Kier alpha value is -2.22. The van der Waals surface area contributed by atoms with Gasteiger partial charge in [0.2, 0.25) is 0 Å². The molecular formula is C19H18O2. The normalized spacial score (nSPS) is 25.9. The Kier molecular flexibility index (Phi) is 2.95. The third-order valence-electron chi connectivity index (χ3n) is 4.58. The van der Waals surface area contributed by atoms with Crippen LogP contribution in [-0.2, 0) is 0 Å². The van der Waals surface area contributed by atoms with E-state index in [-0.39, 0.29) is 6.10 Å². The number of hydrogen-bond acceptors (Lipinski definition) is 2. The minimum absolute atomic E-state index is 0.201. The van der Waals surface area contributed by atoms with E-state index in [9.17, 15) is 0 Å². The van der Waals surface area contributed by atoms with E-state index < -0.39 is 0 Å². The van der Waals surface area contributed by atoms with Gasteiger partial charge in [-0.3, -0.25) is 0 Å². The van der Waals surface area contributed by atoms with Gasteiger partial charge in [0.25, 0.3) is 0 Å². The maximum atomic E-state index is 6.14. The summed E-state index contributed by atoms with van der Waals surface area (Å²) in [6.07, 6.45) is 5.73. The highest BCUT2D eigenvalue weighted by molar-refractivity contribution is 5.47. The average molecular weight is 278 g/mol. The lowest BCUT2D eigenvalue weighted by atomic mass is 9.76. The van der Waals surface area contributed by atoms with Crippen molar-refractivity contribution in [3.8, 4) is 11.5 Å². The van der Waals surface area contributed by atoms with Crippen LogP contribution in [0.15, 0.2) is 60.7 Å². The third kappa shape index (κ3) is 2.02. The third-order valence-corrected chi connectivity index (χ3v) is 4.58. The Morgan fingerprint density at radius 3 is 2.67 bits per heavy atom. The molecule has 0 unspecified atom stereocenters. The minimum Gasteiger partial charge on any atom is -0.497 e. The molecule has 0 fully saturated rings. The van der Waals surface area contributed by atoms with Crippen LogP contribution in [0, 0.1) is 5.92 Å². The van der Waals surface area contributed by atoms with Crippen molar-refractivity contribution in [1.29, 1.82) is 0 Å². The molecule has 0 saturated heterocycles. The molecule has 4 rings (SSSR count). The van der Waals surface area contributed by atoms with Crippen LogP contribution in [0.5, 0.6) is 11.5 Å². The topological polar surface area (TPSA) is 18.5 Å².